The third kappa shape index (κ3) is 3.04. The molecule has 27 heavy (non-hydrogen) atoms. The third-order valence-electron chi connectivity index (χ3n) is 4.50. The van der Waals surface area contributed by atoms with Gasteiger partial charge in [-0.3, -0.25) is 4.79 Å². The van der Waals surface area contributed by atoms with Crippen LogP contribution in [0.2, 0.25) is 5.15 Å². The Balaban J connectivity index is 1.81. The van der Waals surface area contributed by atoms with Crippen LogP contribution in [0.25, 0.3) is 5.82 Å². The molecule has 8 nitrogen and oxygen atoms in total. The Morgan fingerprint density at radius 3 is 2.59 bits per heavy atom. The molecule has 0 radical (unpaired) electrons. The quantitative estimate of drug-likeness (QED) is 0.719. The molecule has 0 unspecified atom stereocenters. The molecule has 0 fully saturated rings. The fourth-order valence-electron chi connectivity index (χ4n) is 3.28. The molecule has 0 bridgehead atoms. The topological polar surface area (TPSA) is 110 Å². The van der Waals surface area contributed by atoms with E-state index in [0.717, 1.165) is 16.8 Å². The van der Waals surface area contributed by atoms with Gasteiger partial charge in [0.25, 0.3) is 0 Å². The van der Waals surface area contributed by atoms with Crippen molar-refractivity contribution in [2.45, 2.75) is 19.3 Å². The fourth-order valence-corrected chi connectivity index (χ4v) is 3.38. The van der Waals surface area contributed by atoms with Crippen molar-refractivity contribution in [2.24, 2.45) is 0 Å². The van der Waals surface area contributed by atoms with Crippen molar-refractivity contribution in [3.05, 3.63) is 63.9 Å². The van der Waals surface area contributed by atoms with E-state index in [4.69, 9.17) is 16.7 Å². The number of carbonyl (C=O) groups is 2. The number of rotatable bonds is 3. The summed E-state index contributed by atoms with van der Waals surface area (Å²) in [5.74, 6) is -0.406. The molecule has 2 aromatic heterocycles. The molecule has 0 aliphatic carbocycles. The Kier molecular flexibility index (Phi) is 4.12. The molecule has 3 heterocycles. The highest BCUT2D eigenvalue weighted by molar-refractivity contribution is 6.29. The van der Waals surface area contributed by atoms with Crippen LogP contribution >= 0.6 is 11.6 Å². The molecular weight excluding hydrogens is 370 g/mol. The number of hydrogen-bond donors (Lipinski definition) is 2. The highest BCUT2D eigenvalue weighted by Crippen LogP contribution is 2.40. The maximum absolute atomic E-state index is 12.3. The van der Waals surface area contributed by atoms with Crippen LogP contribution < -0.4 is 5.32 Å². The molecule has 3 aromatic rings. The highest BCUT2D eigenvalue weighted by atomic mass is 35.5. The zero-order chi connectivity index (χ0) is 19.1. The Morgan fingerprint density at radius 1 is 1.22 bits per heavy atom. The maximum atomic E-state index is 12.3. The second-order valence-electron chi connectivity index (χ2n) is 6.21. The number of carboxylic acid groups (broad SMARTS) is 1. The van der Waals surface area contributed by atoms with Gasteiger partial charge in [0.2, 0.25) is 5.91 Å². The number of aryl methyl sites for hydroxylation is 1. The van der Waals surface area contributed by atoms with E-state index in [-0.39, 0.29) is 29.0 Å². The van der Waals surface area contributed by atoms with Gasteiger partial charge >= 0.3 is 5.97 Å². The minimum atomic E-state index is -0.992. The van der Waals surface area contributed by atoms with E-state index in [1.807, 2.05) is 6.92 Å². The van der Waals surface area contributed by atoms with Crippen molar-refractivity contribution in [1.29, 1.82) is 0 Å². The smallest absolute Gasteiger partial charge is 0.335 e. The van der Waals surface area contributed by atoms with Crippen molar-refractivity contribution >= 4 is 29.3 Å². The number of nitrogens with zero attached hydrogens (tertiary/aromatic N) is 4. The van der Waals surface area contributed by atoms with E-state index < -0.39 is 5.97 Å². The molecular formula is C18H14ClN5O3. The van der Waals surface area contributed by atoms with Crippen molar-refractivity contribution in [3.8, 4) is 5.82 Å². The van der Waals surface area contributed by atoms with Crippen LogP contribution in [0.15, 0.2) is 36.4 Å². The van der Waals surface area contributed by atoms with Crippen molar-refractivity contribution < 1.29 is 14.7 Å². The van der Waals surface area contributed by atoms with E-state index in [1.165, 1.54) is 16.8 Å². The zero-order valence-electron chi connectivity index (χ0n) is 14.2. The minimum absolute atomic E-state index is 0.155. The number of amides is 1. The number of aromatic carboxylic acids is 1. The Morgan fingerprint density at radius 2 is 1.96 bits per heavy atom. The molecule has 2 N–H and O–H groups in total. The lowest BCUT2D eigenvalue weighted by Gasteiger charge is -2.24. The average Bonchev–Trinajstić information content (AvgIpc) is 2.98. The Hall–Kier alpha value is -3.26. The number of nitrogens with one attached hydrogen (secondary N) is 1. The molecule has 0 saturated carbocycles. The monoisotopic (exact) mass is 383 g/mol. The van der Waals surface area contributed by atoms with Gasteiger partial charge in [-0.05, 0) is 36.8 Å². The molecule has 1 aliphatic heterocycles. The Labute approximate surface area is 158 Å². The second kappa shape index (κ2) is 6.48. The fraction of sp³-hybridized carbons (Fsp3) is 0.167. The number of hydrogen-bond acceptors (Lipinski definition) is 5. The van der Waals surface area contributed by atoms with Crippen LogP contribution in [-0.2, 0) is 4.79 Å². The molecule has 1 aliphatic rings. The van der Waals surface area contributed by atoms with Gasteiger partial charge in [-0.25, -0.2) is 4.79 Å². The lowest BCUT2D eigenvalue weighted by atomic mass is 9.85. The van der Waals surface area contributed by atoms with E-state index >= 15 is 0 Å². The number of anilines is 1. The number of benzene rings is 1. The van der Waals surface area contributed by atoms with Crippen LogP contribution in [0.1, 0.15) is 39.5 Å². The van der Waals surface area contributed by atoms with Crippen molar-refractivity contribution in [3.63, 3.8) is 0 Å². The number of carbonyl (C=O) groups excluding carboxylic acids is 1. The summed E-state index contributed by atoms with van der Waals surface area (Å²) in [5, 5.41) is 24.6. The molecule has 1 atom stereocenters. The normalized spacial score (nSPS) is 15.9. The third-order valence-corrected chi connectivity index (χ3v) is 4.70. The maximum Gasteiger partial charge on any atom is 0.335 e. The van der Waals surface area contributed by atoms with Gasteiger partial charge in [0.1, 0.15) is 5.82 Å². The lowest BCUT2D eigenvalue weighted by Crippen LogP contribution is -2.25. The van der Waals surface area contributed by atoms with Gasteiger partial charge < -0.3 is 10.4 Å². The predicted molar refractivity (Wildman–Crippen MR) is 97.4 cm³/mol. The first-order valence-electron chi connectivity index (χ1n) is 8.16. The van der Waals surface area contributed by atoms with Crippen LogP contribution in [0.5, 0.6) is 0 Å². The van der Waals surface area contributed by atoms with E-state index in [1.54, 1.807) is 24.3 Å². The van der Waals surface area contributed by atoms with E-state index in [9.17, 15) is 9.59 Å². The number of carboxylic acids is 1. The number of fused-ring (bicyclic) bond motifs is 1. The predicted octanol–water partition coefficient (Wildman–Crippen LogP) is 2.80. The summed E-state index contributed by atoms with van der Waals surface area (Å²) >= 11 is 5.79. The molecule has 136 valence electrons. The summed E-state index contributed by atoms with van der Waals surface area (Å²) in [7, 11) is 0. The van der Waals surface area contributed by atoms with Gasteiger partial charge in [0, 0.05) is 17.9 Å². The van der Waals surface area contributed by atoms with Gasteiger partial charge in [-0.1, -0.05) is 23.7 Å². The van der Waals surface area contributed by atoms with Crippen LogP contribution in [-0.4, -0.2) is 37.0 Å². The lowest BCUT2D eigenvalue weighted by molar-refractivity contribution is -0.116. The number of halogens is 1. The summed E-state index contributed by atoms with van der Waals surface area (Å²) in [6.07, 6.45) is 0.248. The zero-order valence-corrected chi connectivity index (χ0v) is 14.9. The van der Waals surface area contributed by atoms with Crippen LogP contribution in [0.4, 0.5) is 5.82 Å². The van der Waals surface area contributed by atoms with Gasteiger partial charge in [0.05, 0.1) is 11.3 Å². The van der Waals surface area contributed by atoms with Crippen molar-refractivity contribution in [2.75, 3.05) is 5.32 Å². The molecule has 9 heteroatoms. The first-order chi connectivity index (χ1) is 12.9. The van der Waals surface area contributed by atoms with E-state index in [0.29, 0.717) is 11.6 Å². The van der Waals surface area contributed by atoms with E-state index in [2.05, 4.69) is 20.6 Å². The molecule has 0 saturated heterocycles. The molecule has 4 rings (SSSR count). The first kappa shape index (κ1) is 17.2. The number of aromatic nitrogens is 4. The summed E-state index contributed by atoms with van der Waals surface area (Å²) in [5.41, 5.74) is 2.66. The molecule has 1 amide bonds. The SMILES string of the molecule is Cc1nn(-c2ccc(Cl)nn2)c2c1[C@H](c1ccc(C(=O)O)cc1)CC(=O)N2. The summed E-state index contributed by atoms with van der Waals surface area (Å²) < 4.78 is 1.53. The summed E-state index contributed by atoms with van der Waals surface area (Å²) in [4.78, 5) is 23.4. The molecule has 0 spiro atoms. The molecule has 1 aromatic carbocycles. The van der Waals surface area contributed by atoms with Gasteiger partial charge in [0.15, 0.2) is 11.0 Å². The van der Waals surface area contributed by atoms with Gasteiger partial charge in [-0.15, -0.1) is 10.2 Å². The Bertz CT molecular complexity index is 1040. The van der Waals surface area contributed by atoms with Crippen molar-refractivity contribution in [1.82, 2.24) is 20.0 Å². The highest BCUT2D eigenvalue weighted by Gasteiger charge is 2.33. The standard InChI is InChI=1S/C18H14ClN5O3/c1-9-16-12(10-2-4-11(5-3-10)18(26)27)8-15(25)20-17(16)24(23-9)14-7-6-13(19)21-22-14/h2-7,12H,8H2,1H3,(H,20,25)(H,26,27)/t12-/m0/s1. The summed E-state index contributed by atoms with van der Waals surface area (Å²) in [6, 6.07) is 9.80. The largest absolute Gasteiger partial charge is 0.478 e. The summed E-state index contributed by atoms with van der Waals surface area (Å²) in [6.45, 7) is 1.86. The average molecular weight is 384 g/mol. The van der Waals surface area contributed by atoms with Gasteiger partial charge in [-0.2, -0.15) is 9.78 Å². The second-order valence-corrected chi connectivity index (χ2v) is 6.59. The van der Waals surface area contributed by atoms with Crippen LogP contribution in [0.3, 0.4) is 0 Å². The van der Waals surface area contributed by atoms with Crippen LogP contribution in [0, 0.1) is 6.92 Å². The minimum Gasteiger partial charge on any atom is -0.478 e. The first-order valence-corrected chi connectivity index (χ1v) is 8.54.